The number of nitrogens with one attached hydrogen (secondary N) is 1. The van der Waals surface area contributed by atoms with Crippen molar-refractivity contribution in [3.8, 4) is 5.75 Å². The van der Waals surface area contributed by atoms with Crippen LogP contribution >= 0.6 is 0 Å². The highest BCUT2D eigenvalue weighted by Crippen LogP contribution is 2.31. The van der Waals surface area contributed by atoms with Crippen LogP contribution in [0.25, 0.3) is 0 Å². The molecule has 1 aromatic carbocycles. The Balaban J connectivity index is 2.38. The largest absolute Gasteiger partial charge is 0.497 e. The van der Waals surface area contributed by atoms with Gasteiger partial charge in [0.15, 0.2) is 0 Å². The molecule has 88 valence electrons. The van der Waals surface area contributed by atoms with Crippen LogP contribution in [0.2, 0.25) is 0 Å². The molecule has 1 aliphatic rings. The lowest BCUT2D eigenvalue weighted by atomic mass is 9.86. The molecule has 0 radical (unpaired) electrons. The van der Waals surface area contributed by atoms with Crippen LogP contribution in [0.5, 0.6) is 5.75 Å². The number of hydrogen-bond donors (Lipinski definition) is 1. The zero-order valence-electron chi connectivity index (χ0n) is 10.4. The topological polar surface area (TPSA) is 21.3 Å². The van der Waals surface area contributed by atoms with Crippen LogP contribution in [-0.2, 0) is 6.42 Å². The molecule has 16 heavy (non-hydrogen) atoms. The number of methoxy groups -OCH3 is 1. The molecule has 0 bridgehead atoms. The van der Waals surface area contributed by atoms with Crippen LogP contribution in [0.1, 0.15) is 30.9 Å². The van der Waals surface area contributed by atoms with Gasteiger partial charge in [0.05, 0.1) is 7.11 Å². The number of ether oxygens (including phenoxy) is 1. The van der Waals surface area contributed by atoms with E-state index in [1.807, 2.05) is 0 Å². The van der Waals surface area contributed by atoms with Crippen molar-refractivity contribution >= 4 is 0 Å². The number of fused-ring (bicyclic) bond motifs is 1. The van der Waals surface area contributed by atoms with Crippen LogP contribution in [0.15, 0.2) is 18.2 Å². The Morgan fingerprint density at radius 1 is 1.38 bits per heavy atom. The van der Waals surface area contributed by atoms with Crippen molar-refractivity contribution in [2.24, 2.45) is 5.92 Å². The van der Waals surface area contributed by atoms with Crippen molar-refractivity contribution in [3.63, 3.8) is 0 Å². The Bertz CT molecular complexity index is 360. The molecule has 1 unspecified atom stereocenters. The minimum atomic E-state index is 0.628. The second kappa shape index (κ2) is 4.88. The van der Waals surface area contributed by atoms with E-state index in [0.29, 0.717) is 11.8 Å². The summed E-state index contributed by atoms with van der Waals surface area (Å²) < 4.78 is 5.30. The van der Waals surface area contributed by atoms with Gasteiger partial charge in [-0.2, -0.15) is 0 Å². The predicted molar refractivity (Wildman–Crippen MR) is 67.1 cm³/mol. The first-order chi connectivity index (χ1) is 7.72. The third-order valence-electron chi connectivity index (χ3n) is 3.49. The molecule has 0 saturated carbocycles. The molecule has 0 spiro atoms. The number of hydrogen-bond acceptors (Lipinski definition) is 2. The van der Waals surface area contributed by atoms with Gasteiger partial charge in [0.25, 0.3) is 0 Å². The third-order valence-corrected chi connectivity index (χ3v) is 3.49. The maximum atomic E-state index is 5.30. The minimum absolute atomic E-state index is 0.628. The Morgan fingerprint density at radius 2 is 2.19 bits per heavy atom. The maximum Gasteiger partial charge on any atom is 0.119 e. The average molecular weight is 219 g/mol. The van der Waals surface area contributed by atoms with Crippen molar-refractivity contribution in [1.82, 2.24) is 5.32 Å². The van der Waals surface area contributed by atoms with Crippen molar-refractivity contribution in [1.29, 1.82) is 0 Å². The molecule has 1 aliphatic heterocycles. The van der Waals surface area contributed by atoms with Gasteiger partial charge in [-0.05, 0) is 48.1 Å². The van der Waals surface area contributed by atoms with Gasteiger partial charge < -0.3 is 10.1 Å². The second-order valence-electron chi connectivity index (χ2n) is 4.87. The highest BCUT2D eigenvalue weighted by atomic mass is 16.5. The normalized spacial score (nSPS) is 20.4. The highest BCUT2D eigenvalue weighted by Gasteiger charge is 2.21. The van der Waals surface area contributed by atoms with Gasteiger partial charge in [0.2, 0.25) is 0 Å². The standard InChI is InChI=1S/C14H21NO/c1-10(2)14-9-15-7-6-11-8-12(16-3)4-5-13(11)14/h4-5,8,10,14-15H,6-7,9H2,1-3H3. The average Bonchev–Trinajstić information content (AvgIpc) is 2.49. The molecule has 0 aliphatic carbocycles. The van der Waals surface area contributed by atoms with Crippen LogP contribution in [0.4, 0.5) is 0 Å². The monoisotopic (exact) mass is 219 g/mol. The molecule has 1 N–H and O–H groups in total. The SMILES string of the molecule is COc1ccc2c(c1)CCNCC2C(C)C. The lowest BCUT2D eigenvalue weighted by Gasteiger charge is -2.21. The zero-order valence-corrected chi connectivity index (χ0v) is 10.4. The van der Waals surface area contributed by atoms with Gasteiger partial charge in [-0.25, -0.2) is 0 Å². The van der Waals surface area contributed by atoms with E-state index in [1.54, 1.807) is 7.11 Å². The first-order valence-electron chi connectivity index (χ1n) is 6.10. The summed E-state index contributed by atoms with van der Waals surface area (Å²) >= 11 is 0. The van der Waals surface area contributed by atoms with E-state index >= 15 is 0 Å². The predicted octanol–water partition coefficient (Wildman–Crippen LogP) is 2.58. The van der Waals surface area contributed by atoms with Gasteiger partial charge in [-0.1, -0.05) is 19.9 Å². The van der Waals surface area contributed by atoms with E-state index in [1.165, 1.54) is 11.1 Å². The summed E-state index contributed by atoms with van der Waals surface area (Å²) in [6.07, 6.45) is 1.11. The fourth-order valence-electron chi connectivity index (χ4n) is 2.47. The number of benzene rings is 1. The van der Waals surface area contributed by atoms with E-state index < -0.39 is 0 Å². The summed E-state index contributed by atoms with van der Waals surface area (Å²) in [5.41, 5.74) is 2.95. The molecule has 1 atom stereocenters. The summed E-state index contributed by atoms with van der Waals surface area (Å²) in [7, 11) is 1.73. The van der Waals surface area contributed by atoms with Gasteiger partial charge in [-0.3, -0.25) is 0 Å². The third kappa shape index (κ3) is 2.22. The molecule has 0 fully saturated rings. The quantitative estimate of drug-likeness (QED) is 0.825. The molecule has 2 rings (SSSR count). The molecule has 1 aromatic rings. The summed E-state index contributed by atoms with van der Waals surface area (Å²) in [4.78, 5) is 0. The van der Waals surface area contributed by atoms with Crippen molar-refractivity contribution in [2.75, 3.05) is 20.2 Å². The maximum absolute atomic E-state index is 5.30. The lowest BCUT2D eigenvalue weighted by molar-refractivity contribution is 0.413. The molecule has 0 saturated heterocycles. The van der Waals surface area contributed by atoms with E-state index in [-0.39, 0.29) is 0 Å². The van der Waals surface area contributed by atoms with Crippen LogP contribution in [0, 0.1) is 5.92 Å². The van der Waals surface area contributed by atoms with E-state index in [4.69, 9.17) is 4.74 Å². The molecule has 0 amide bonds. The summed E-state index contributed by atoms with van der Waals surface area (Å²) in [5.74, 6) is 2.28. The Hall–Kier alpha value is -1.02. The Morgan fingerprint density at radius 3 is 2.88 bits per heavy atom. The molecule has 2 heteroatoms. The Kier molecular flexibility index (Phi) is 3.49. The Labute approximate surface area is 98.0 Å². The van der Waals surface area contributed by atoms with Gasteiger partial charge in [0.1, 0.15) is 5.75 Å². The highest BCUT2D eigenvalue weighted by molar-refractivity contribution is 5.39. The molecule has 0 aromatic heterocycles. The minimum Gasteiger partial charge on any atom is -0.497 e. The van der Waals surface area contributed by atoms with Gasteiger partial charge >= 0.3 is 0 Å². The molecular weight excluding hydrogens is 198 g/mol. The molecular formula is C14H21NO. The smallest absolute Gasteiger partial charge is 0.119 e. The molecule has 1 heterocycles. The van der Waals surface area contributed by atoms with Crippen LogP contribution < -0.4 is 10.1 Å². The van der Waals surface area contributed by atoms with Crippen molar-refractivity contribution in [3.05, 3.63) is 29.3 Å². The first kappa shape index (κ1) is 11.5. The summed E-state index contributed by atoms with van der Waals surface area (Å²) in [6.45, 7) is 6.76. The van der Waals surface area contributed by atoms with E-state index in [2.05, 4.69) is 37.4 Å². The summed E-state index contributed by atoms with van der Waals surface area (Å²) in [5, 5.41) is 3.52. The van der Waals surface area contributed by atoms with Gasteiger partial charge in [0, 0.05) is 6.54 Å². The number of rotatable bonds is 2. The van der Waals surface area contributed by atoms with E-state index in [9.17, 15) is 0 Å². The van der Waals surface area contributed by atoms with Gasteiger partial charge in [-0.15, -0.1) is 0 Å². The van der Waals surface area contributed by atoms with Crippen LogP contribution in [-0.4, -0.2) is 20.2 Å². The first-order valence-corrected chi connectivity index (χ1v) is 6.10. The zero-order chi connectivity index (χ0) is 11.5. The molecule has 2 nitrogen and oxygen atoms in total. The van der Waals surface area contributed by atoms with Crippen molar-refractivity contribution in [2.45, 2.75) is 26.2 Å². The fourth-order valence-corrected chi connectivity index (χ4v) is 2.47. The van der Waals surface area contributed by atoms with Crippen molar-refractivity contribution < 1.29 is 4.74 Å². The fraction of sp³-hybridized carbons (Fsp3) is 0.571. The summed E-state index contributed by atoms with van der Waals surface area (Å²) in [6, 6.07) is 6.52. The van der Waals surface area contributed by atoms with Crippen LogP contribution in [0.3, 0.4) is 0 Å². The van der Waals surface area contributed by atoms with E-state index in [0.717, 1.165) is 25.3 Å². The lowest BCUT2D eigenvalue weighted by Crippen LogP contribution is -2.23. The second-order valence-corrected chi connectivity index (χ2v) is 4.87.